The van der Waals surface area contributed by atoms with Crippen LogP contribution < -0.4 is 9.47 Å². The Balaban J connectivity index is 2.35. The van der Waals surface area contributed by atoms with E-state index >= 15 is 0 Å². The van der Waals surface area contributed by atoms with Crippen LogP contribution in [0.15, 0.2) is 46.9 Å². The van der Waals surface area contributed by atoms with Crippen molar-refractivity contribution in [3.05, 3.63) is 52.5 Å². The molecule has 2 aromatic rings. The summed E-state index contributed by atoms with van der Waals surface area (Å²) in [5.41, 5.74) is -0.837. The van der Waals surface area contributed by atoms with Gasteiger partial charge in [0.25, 0.3) is 0 Å². The van der Waals surface area contributed by atoms with Crippen molar-refractivity contribution in [3.63, 3.8) is 0 Å². The summed E-state index contributed by atoms with van der Waals surface area (Å²) in [7, 11) is 1.51. The lowest BCUT2D eigenvalue weighted by Crippen LogP contribution is -2.08. The molecule has 106 valence electrons. The number of rotatable bonds is 3. The van der Waals surface area contributed by atoms with Crippen LogP contribution in [0.1, 0.15) is 5.56 Å². The molecule has 0 saturated heterocycles. The molecule has 0 aromatic heterocycles. The largest absolute Gasteiger partial charge is 0.497 e. The maximum atomic E-state index is 13.0. The van der Waals surface area contributed by atoms with Crippen LogP contribution in [0.4, 0.5) is 13.2 Å². The van der Waals surface area contributed by atoms with Gasteiger partial charge in [-0.2, -0.15) is 13.2 Å². The zero-order valence-corrected chi connectivity index (χ0v) is 12.0. The van der Waals surface area contributed by atoms with Crippen LogP contribution in [0.2, 0.25) is 0 Å². The van der Waals surface area contributed by atoms with Crippen LogP contribution in [0.5, 0.6) is 17.2 Å². The summed E-state index contributed by atoms with van der Waals surface area (Å²) < 4.78 is 49.2. The molecular formula is C14H10BrF3O2. The summed E-state index contributed by atoms with van der Waals surface area (Å²) in [5, 5.41) is 0. The molecule has 6 heteroatoms. The van der Waals surface area contributed by atoms with E-state index in [1.54, 1.807) is 24.3 Å². The zero-order chi connectivity index (χ0) is 14.8. The highest BCUT2D eigenvalue weighted by Gasteiger charge is 2.36. The predicted octanol–water partition coefficient (Wildman–Crippen LogP) is 5.27. The molecular weight excluding hydrogens is 337 g/mol. The van der Waals surface area contributed by atoms with Crippen LogP contribution >= 0.6 is 15.9 Å². The van der Waals surface area contributed by atoms with Gasteiger partial charge in [-0.3, -0.25) is 0 Å². The van der Waals surface area contributed by atoms with Crippen LogP contribution in [0.3, 0.4) is 0 Å². The van der Waals surface area contributed by atoms with Crippen molar-refractivity contribution < 1.29 is 22.6 Å². The minimum atomic E-state index is -4.50. The Morgan fingerprint density at radius 2 is 1.55 bits per heavy atom. The van der Waals surface area contributed by atoms with Gasteiger partial charge in [-0.1, -0.05) is 22.0 Å². The van der Waals surface area contributed by atoms with Crippen molar-refractivity contribution in [2.45, 2.75) is 6.18 Å². The smallest absolute Gasteiger partial charge is 0.421 e. The van der Waals surface area contributed by atoms with Gasteiger partial charge < -0.3 is 9.47 Å². The second kappa shape index (κ2) is 5.75. The molecule has 0 saturated carbocycles. The Morgan fingerprint density at radius 1 is 0.950 bits per heavy atom. The van der Waals surface area contributed by atoms with Gasteiger partial charge in [0, 0.05) is 4.47 Å². The SMILES string of the molecule is COc1ccc(Oc2cccc(Br)c2C(F)(F)F)cc1. The van der Waals surface area contributed by atoms with E-state index in [-0.39, 0.29) is 10.2 Å². The molecule has 0 fully saturated rings. The highest BCUT2D eigenvalue weighted by Crippen LogP contribution is 2.42. The molecule has 2 nitrogen and oxygen atoms in total. The summed E-state index contributed by atoms with van der Waals surface area (Å²) in [6, 6.07) is 10.4. The van der Waals surface area contributed by atoms with Crippen molar-refractivity contribution in [2.24, 2.45) is 0 Å². The molecule has 0 aliphatic rings. The van der Waals surface area contributed by atoms with Gasteiger partial charge >= 0.3 is 6.18 Å². The lowest BCUT2D eigenvalue weighted by molar-refractivity contribution is -0.139. The van der Waals surface area contributed by atoms with Crippen molar-refractivity contribution in [1.82, 2.24) is 0 Å². The Morgan fingerprint density at radius 3 is 2.10 bits per heavy atom. The van der Waals surface area contributed by atoms with Crippen LogP contribution in [0.25, 0.3) is 0 Å². The number of alkyl halides is 3. The molecule has 0 spiro atoms. The zero-order valence-electron chi connectivity index (χ0n) is 10.4. The second-order valence-electron chi connectivity index (χ2n) is 3.89. The summed E-state index contributed by atoms with van der Waals surface area (Å²) in [6.45, 7) is 0. The van der Waals surface area contributed by atoms with E-state index in [2.05, 4.69) is 15.9 Å². The number of methoxy groups -OCH3 is 1. The van der Waals surface area contributed by atoms with Gasteiger partial charge in [0.2, 0.25) is 0 Å². The fourth-order valence-corrected chi connectivity index (χ4v) is 2.21. The first-order valence-corrected chi connectivity index (χ1v) is 6.38. The fourth-order valence-electron chi connectivity index (χ4n) is 1.64. The standard InChI is InChI=1S/C14H10BrF3O2/c1-19-9-5-7-10(8-6-9)20-12-4-2-3-11(15)13(12)14(16,17)18/h2-8H,1H3. The van der Waals surface area contributed by atoms with E-state index in [4.69, 9.17) is 9.47 Å². The topological polar surface area (TPSA) is 18.5 Å². The average molecular weight is 347 g/mol. The Bertz CT molecular complexity index is 594. The third-order valence-corrected chi connectivity index (χ3v) is 3.21. The number of halogens is 4. The third-order valence-electron chi connectivity index (χ3n) is 2.55. The molecule has 0 unspecified atom stereocenters. The first-order valence-electron chi connectivity index (χ1n) is 5.59. The molecule has 0 radical (unpaired) electrons. The molecule has 0 amide bonds. The molecule has 0 N–H and O–H groups in total. The van der Waals surface area contributed by atoms with Gasteiger partial charge in [0.1, 0.15) is 22.8 Å². The van der Waals surface area contributed by atoms with Crippen molar-refractivity contribution >= 4 is 15.9 Å². The Labute approximate surface area is 122 Å². The minimum Gasteiger partial charge on any atom is -0.497 e. The van der Waals surface area contributed by atoms with E-state index in [0.717, 1.165) is 0 Å². The van der Waals surface area contributed by atoms with E-state index in [0.29, 0.717) is 11.5 Å². The van der Waals surface area contributed by atoms with Gasteiger partial charge in [-0.25, -0.2) is 0 Å². The highest BCUT2D eigenvalue weighted by molar-refractivity contribution is 9.10. The Hall–Kier alpha value is -1.69. The molecule has 0 aliphatic carbocycles. The van der Waals surface area contributed by atoms with E-state index in [1.165, 1.54) is 25.3 Å². The second-order valence-corrected chi connectivity index (χ2v) is 4.74. The van der Waals surface area contributed by atoms with E-state index < -0.39 is 11.7 Å². The number of benzene rings is 2. The van der Waals surface area contributed by atoms with Crippen molar-refractivity contribution in [1.29, 1.82) is 0 Å². The molecule has 0 bridgehead atoms. The van der Waals surface area contributed by atoms with Crippen LogP contribution in [-0.2, 0) is 6.18 Å². The number of ether oxygens (including phenoxy) is 2. The lowest BCUT2D eigenvalue weighted by atomic mass is 10.2. The number of hydrogen-bond donors (Lipinski definition) is 0. The van der Waals surface area contributed by atoms with Crippen LogP contribution in [-0.4, -0.2) is 7.11 Å². The molecule has 0 heterocycles. The normalized spacial score (nSPS) is 11.2. The van der Waals surface area contributed by atoms with Gasteiger partial charge in [0.15, 0.2) is 0 Å². The minimum absolute atomic E-state index is 0.0592. The maximum Gasteiger partial charge on any atom is 0.421 e. The first-order chi connectivity index (χ1) is 9.41. The van der Waals surface area contributed by atoms with Crippen molar-refractivity contribution in [3.8, 4) is 17.2 Å². The molecule has 2 rings (SSSR count). The molecule has 20 heavy (non-hydrogen) atoms. The Kier molecular flexibility index (Phi) is 4.23. The first kappa shape index (κ1) is 14.7. The van der Waals surface area contributed by atoms with Gasteiger partial charge in [-0.05, 0) is 36.4 Å². The summed E-state index contributed by atoms with van der Waals surface area (Å²) in [6.07, 6.45) is -4.50. The maximum absolute atomic E-state index is 13.0. The van der Waals surface area contributed by atoms with Crippen LogP contribution in [0, 0.1) is 0 Å². The molecule has 0 atom stereocenters. The highest BCUT2D eigenvalue weighted by atomic mass is 79.9. The molecule has 0 aliphatic heterocycles. The molecule has 2 aromatic carbocycles. The predicted molar refractivity (Wildman–Crippen MR) is 72.2 cm³/mol. The van der Waals surface area contributed by atoms with E-state index in [9.17, 15) is 13.2 Å². The van der Waals surface area contributed by atoms with Gasteiger partial charge in [0.05, 0.1) is 7.11 Å². The summed E-state index contributed by atoms with van der Waals surface area (Å²) in [4.78, 5) is 0. The average Bonchev–Trinajstić information content (AvgIpc) is 2.38. The van der Waals surface area contributed by atoms with Gasteiger partial charge in [-0.15, -0.1) is 0 Å². The quantitative estimate of drug-likeness (QED) is 0.753. The third kappa shape index (κ3) is 3.25. The summed E-state index contributed by atoms with van der Waals surface area (Å²) >= 11 is 2.90. The lowest BCUT2D eigenvalue weighted by Gasteiger charge is -2.15. The monoisotopic (exact) mass is 346 g/mol. The fraction of sp³-hybridized carbons (Fsp3) is 0.143. The van der Waals surface area contributed by atoms with E-state index in [1.807, 2.05) is 0 Å². The summed E-state index contributed by atoms with van der Waals surface area (Å²) in [5.74, 6) is 0.647. The van der Waals surface area contributed by atoms with Crippen molar-refractivity contribution in [2.75, 3.05) is 7.11 Å². The number of hydrogen-bond acceptors (Lipinski definition) is 2.